The highest BCUT2D eigenvalue weighted by atomic mass is 16.4. The van der Waals surface area contributed by atoms with Crippen LogP contribution < -0.4 is 54.0 Å². The van der Waals surface area contributed by atoms with Gasteiger partial charge in [0, 0.05) is 31.2 Å². The van der Waals surface area contributed by atoms with Gasteiger partial charge in [-0.15, -0.1) is 0 Å². The molecule has 0 aliphatic carbocycles. The number of nitrogens with two attached hydrogens (primary N) is 2. The largest absolute Gasteiger partial charge is 0.508 e. The third-order valence-corrected chi connectivity index (χ3v) is 13.4. The van der Waals surface area contributed by atoms with Crippen molar-refractivity contribution >= 4 is 53.2 Å². The molecule has 82 heavy (non-hydrogen) atoms. The van der Waals surface area contributed by atoms with Crippen molar-refractivity contribution in [3.8, 4) is 5.75 Å². The minimum atomic E-state index is -1.38. The quantitative estimate of drug-likeness (QED) is 0.0372. The van der Waals surface area contributed by atoms with E-state index in [2.05, 4.69) is 52.5 Å². The van der Waals surface area contributed by atoms with Crippen LogP contribution in [0.15, 0.2) is 67.1 Å². The number of benzene rings is 2. The number of aromatic nitrogens is 2. The van der Waals surface area contributed by atoms with Gasteiger partial charge in [0.2, 0.25) is 47.3 Å². The minimum absolute atomic E-state index is 0.0152. The molecule has 1 heterocycles. The van der Waals surface area contributed by atoms with Crippen LogP contribution in [0.3, 0.4) is 0 Å². The number of carboxylic acids is 1. The lowest BCUT2D eigenvalue weighted by atomic mass is 9.98. The van der Waals surface area contributed by atoms with Crippen molar-refractivity contribution < 1.29 is 53.4 Å². The molecule has 0 bridgehead atoms. The molecular weight excluding hydrogens is 1050 g/mol. The third-order valence-electron chi connectivity index (χ3n) is 13.4. The Morgan fingerprint density at radius 2 is 0.902 bits per heavy atom. The summed E-state index contributed by atoms with van der Waals surface area (Å²) in [4.78, 5) is 133. The fourth-order valence-electron chi connectivity index (χ4n) is 9.13. The molecule has 0 fully saturated rings. The van der Waals surface area contributed by atoms with Crippen LogP contribution in [0.4, 0.5) is 0 Å². The van der Waals surface area contributed by atoms with Crippen LogP contribution in [0, 0.1) is 29.6 Å². The Labute approximate surface area is 482 Å². The molecule has 8 amide bonds. The Balaban J connectivity index is 1.92. The first kappa shape index (κ1) is 68.9. The maximum Gasteiger partial charge on any atom is 0.326 e. The van der Waals surface area contributed by atoms with Crippen LogP contribution in [-0.4, -0.2) is 134 Å². The SMILES string of the molecule is CC(C)C[C@H](NC(=O)[C@H](CC(C)C)NC(=O)[C@H](CC(C)C)NC(=O)[C@H](Cc1ccccc1)NC(=O)[C@H](Cc1cnc[nH]1)NC(=O)[C@@H](NC(=O)[C@@H](N)CC(C)C)C(C)C)C(=O)N[C@@H](CCCCN)C(=O)N[C@@H](Cc1ccc(O)cc1)C(=O)O. The van der Waals surface area contributed by atoms with E-state index in [1.165, 1.54) is 36.8 Å². The topological polar surface area (TPSA) is 371 Å². The van der Waals surface area contributed by atoms with Crippen LogP contribution in [0.1, 0.15) is 131 Å². The lowest BCUT2D eigenvalue weighted by Crippen LogP contribution is -2.61. The van der Waals surface area contributed by atoms with Gasteiger partial charge in [0.05, 0.1) is 12.4 Å². The predicted octanol–water partition coefficient (Wildman–Crippen LogP) is 2.40. The fourth-order valence-corrected chi connectivity index (χ4v) is 9.13. The van der Waals surface area contributed by atoms with Crippen molar-refractivity contribution in [2.24, 2.45) is 41.1 Å². The highest BCUT2D eigenvalue weighted by Crippen LogP contribution is 2.16. The molecule has 9 atom stereocenters. The van der Waals surface area contributed by atoms with Gasteiger partial charge < -0.3 is 69.2 Å². The number of aromatic amines is 1. The summed E-state index contributed by atoms with van der Waals surface area (Å²) in [5.41, 5.74) is 13.6. The maximum atomic E-state index is 14.7. The highest BCUT2D eigenvalue weighted by molar-refractivity contribution is 5.98. The third kappa shape index (κ3) is 24.8. The normalized spacial score (nSPS) is 14.8. The molecule has 15 N–H and O–H groups in total. The number of unbranched alkanes of at least 4 members (excludes halogenated alkanes) is 1. The van der Waals surface area contributed by atoms with E-state index in [0.717, 1.165) is 0 Å². The van der Waals surface area contributed by atoms with Gasteiger partial charge in [-0.25, -0.2) is 9.78 Å². The molecule has 23 nitrogen and oxygen atoms in total. The zero-order valence-corrected chi connectivity index (χ0v) is 49.4. The van der Waals surface area contributed by atoms with Gasteiger partial charge in [0.25, 0.3) is 0 Å². The van der Waals surface area contributed by atoms with E-state index in [9.17, 15) is 53.4 Å². The zero-order valence-electron chi connectivity index (χ0n) is 49.4. The van der Waals surface area contributed by atoms with Crippen LogP contribution >= 0.6 is 0 Å². The number of phenolic OH excluding ortho intramolecular Hbond substituents is 1. The number of aliphatic carboxylic acids is 1. The summed E-state index contributed by atoms with van der Waals surface area (Å²) >= 11 is 0. The summed E-state index contributed by atoms with van der Waals surface area (Å²) in [5, 5.41) is 41.8. The van der Waals surface area contributed by atoms with Gasteiger partial charge in [-0.05, 0) is 104 Å². The van der Waals surface area contributed by atoms with Gasteiger partial charge in [0.1, 0.15) is 54.1 Å². The minimum Gasteiger partial charge on any atom is -0.508 e. The second kappa shape index (κ2) is 34.8. The van der Waals surface area contributed by atoms with E-state index in [1.54, 1.807) is 44.2 Å². The number of phenols is 1. The number of nitrogens with zero attached hydrogens (tertiary/aromatic N) is 1. The molecule has 454 valence electrons. The van der Waals surface area contributed by atoms with Crippen LogP contribution in [0.2, 0.25) is 0 Å². The van der Waals surface area contributed by atoms with E-state index in [1.807, 2.05) is 55.4 Å². The molecule has 3 rings (SSSR count). The Morgan fingerprint density at radius 3 is 1.35 bits per heavy atom. The van der Waals surface area contributed by atoms with Crippen molar-refractivity contribution in [2.75, 3.05) is 6.54 Å². The van der Waals surface area contributed by atoms with Crippen molar-refractivity contribution in [3.63, 3.8) is 0 Å². The molecule has 0 spiro atoms. The van der Waals surface area contributed by atoms with Crippen molar-refractivity contribution in [2.45, 2.75) is 188 Å². The van der Waals surface area contributed by atoms with Crippen molar-refractivity contribution in [1.82, 2.24) is 52.5 Å². The lowest BCUT2D eigenvalue weighted by Gasteiger charge is -2.29. The second-order valence-corrected chi connectivity index (χ2v) is 23.2. The first-order valence-corrected chi connectivity index (χ1v) is 28.6. The Hall–Kier alpha value is -7.40. The summed E-state index contributed by atoms with van der Waals surface area (Å²) in [6.07, 6.45) is 4.39. The van der Waals surface area contributed by atoms with Gasteiger partial charge in [-0.1, -0.05) is 112 Å². The Morgan fingerprint density at radius 1 is 0.488 bits per heavy atom. The smallest absolute Gasteiger partial charge is 0.326 e. The monoisotopic (exact) mass is 1140 g/mol. The Bertz CT molecular complexity index is 2510. The summed E-state index contributed by atoms with van der Waals surface area (Å²) in [6.45, 7) is 18.7. The number of imidazole rings is 1. The zero-order chi connectivity index (χ0) is 61.2. The van der Waals surface area contributed by atoms with Crippen LogP contribution in [-0.2, 0) is 62.4 Å². The summed E-state index contributed by atoms with van der Waals surface area (Å²) in [7, 11) is 0. The number of carboxylic acid groups (broad SMARTS) is 1. The molecular formula is C59H92N12O11. The van der Waals surface area contributed by atoms with E-state index in [0.29, 0.717) is 42.6 Å². The standard InChI is InChI=1S/C59H92N12O11/c1-33(2)24-42(61)51(73)71-50(37(9)10)58(80)69-48(30-40-31-62-32-63-40)57(79)68-47(28-38-16-12-11-13-17-38)56(78)67-46(27-36(7)8)55(77)66-45(26-35(5)6)54(76)65-44(25-34(3)4)53(75)64-43(18-14-15-23-60)52(74)70-49(59(81)82)29-39-19-21-41(72)22-20-39/h11-13,16-17,19-22,31-37,42-50,72H,14-15,18,23-30,60-61H2,1-10H3,(H,62,63)(H,64,75)(H,65,76)(H,66,77)(H,67,78)(H,68,79)(H,69,80)(H,70,74)(H,71,73)(H,81,82)/t42-,43-,44-,45-,46-,47-,48-,49-,50-/m0/s1. The number of H-pyrrole nitrogens is 1. The summed E-state index contributed by atoms with van der Waals surface area (Å²) in [5.74, 6) is -7.70. The number of hydrogen-bond acceptors (Lipinski definition) is 13. The van der Waals surface area contributed by atoms with Gasteiger partial charge in [-0.2, -0.15) is 0 Å². The Kier molecular flexibility index (Phi) is 29.2. The fraction of sp³-hybridized carbons (Fsp3) is 0.593. The van der Waals surface area contributed by atoms with Crippen molar-refractivity contribution in [3.05, 3.63) is 83.9 Å². The lowest BCUT2D eigenvalue weighted by molar-refractivity contribution is -0.142. The van der Waals surface area contributed by atoms with Gasteiger partial charge in [0.15, 0.2) is 0 Å². The number of aromatic hydroxyl groups is 1. The number of rotatable bonds is 36. The first-order valence-electron chi connectivity index (χ1n) is 28.6. The van der Waals surface area contributed by atoms with E-state index < -0.39 is 114 Å². The predicted molar refractivity (Wildman–Crippen MR) is 311 cm³/mol. The molecule has 23 heteroatoms. The first-order chi connectivity index (χ1) is 38.7. The molecule has 0 unspecified atom stereocenters. The molecule has 0 saturated carbocycles. The second-order valence-electron chi connectivity index (χ2n) is 23.2. The molecule has 0 aliphatic rings. The van der Waals surface area contributed by atoms with E-state index in [-0.39, 0.29) is 74.4 Å². The van der Waals surface area contributed by atoms with Crippen LogP contribution in [0.25, 0.3) is 0 Å². The van der Waals surface area contributed by atoms with Gasteiger partial charge in [-0.3, -0.25) is 38.4 Å². The highest BCUT2D eigenvalue weighted by Gasteiger charge is 2.36. The molecule has 2 aromatic carbocycles. The van der Waals surface area contributed by atoms with Crippen LogP contribution in [0.5, 0.6) is 5.75 Å². The molecule has 3 aromatic rings. The van der Waals surface area contributed by atoms with E-state index in [4.69, 9.17) is 11.5 Å². The summed E-state index contributed by atoms with van der Waals surface area (Å²) in [6, 6.07) is 3.89. The average molecular weight is 1150 g/mol. The number of hydrogen-bond donors (Lipinski definition) is 13. The van der Waals surface area contributed by atoms with Crippen molar-refractivity contribution in [1.29, 1.82) is 0 Å². The molecule has 0 radical (unpaired) electrons. The molecule has 0 saturated heterocycles. The maximum absolute atomic E-state index is 14.7. The number of carbonyl (C=O) groups excluding carboxylic acids is 8. The number of amides is 8. The van der Waals surface area contributed by atoms with E-state index >= 15 is 0 Å². The summed E-state index contributed by atoms with van der Waals surface area (Å²) < 4.78 is 0. The average Bonchev–Trinajstić information content (AvgIpc) is 3.93. The van der Waals surface area contributed by atoms with Gasteiger partial charge >= 0.3 is 5.97 Å². The molecule has 1 aromatic heterocycles. The number of nitrogens with one attached hydrogen (secondary N) is 9. The number of carbonyl (C=O) groups is 9. The molecule has 0 aliphatic heterocycles.